The minimum atomic E-state index is -1.54. The molecule has 84 valence electrons. The number of hydrogen-bond acceptors (Lipinski definition) is 3. The molecule has 0 atom stereocenters. The van der Waals surface area contributed by atoms with Gasteiger partial charge in [-0.2, -0.15) is 5.10 Å². The van der Waals surface area contributed by atoms with E-state index in [1.807, 2.05) is 0 Å². The van der Waals surface area contributed by atoms with Crippen molar-refractivity contribution in [1.82, 2.24) is 20.5 Å². The number of piperidine rings is 1. The average Bonchev–Trinajstić information content (AvgIpc) is 2.67. The van der Waals surface area contributed by atoms with Crippen molar-refractivity contribution in [1.29, 1.82) is 0 Å². The highest BCUT2D eigenvalue weighted by atomic mass is 35.6. The third-order valence-corrected chi connectivity index (χ3v) is 2.99. The molecular formula is C8H11Cl3N4. The molecule has 0 aliphatic carbocycles. The van der Waals surface area contributed by atoms with Crippen molar-refractivity contribution in [3.8, 4) is 0 Å². The van der Waals surface area contributed by atoms with Crippen LogP contribution in [0.15, 0.2) is 0 Å². The van der Waals surface area contributed by atoms with Crippen LogP contribution in [0.4, 0.5) is 0 Å². The zero-order chi connectivity index (χ0) is 10.9. The summed E-state index contributed by atoms with van der Waals surface area (Å²) in [4.78, 5) is 4.21. The Morgan fingerprint density at radius 1 is 1.20 bits per heavy atom. The first-order valence-electron chi connectivity index (χ1n) is 4.77. The number of nitrogens with zero attached hydrogens (tertiary/aromatic N) is 2. The smallest absolute Gasteiger partial charge is 0.251 e. The second-order valence-corrected chi connectivity index (χ2v) is 5.85. The summed E-state index contributed by atoms with van der Waals surface area (Å²) >= 11 is 17.1. The van der Waals surface area contributed by atoms with Gasteiger partial charge < -0.3 is 5.32 Å². The van der Waals surface area contributed by atoms with Crippen molar-refractivity contribution in [2.45, 2.75) is 22.6 Å². The molecule has 1 fully saturated rings. The summed E-state index contributed by atoms with van der Waals surface area (Å²) in [5, 5.41) is 10.0. The summed E-state index contributed by atoms with van der Waals surface area (Å²) in [6.07, 6.45) is 2.07. The molecule has 0 amide bonds. The van der Waals surface area contributed by atoms with E-state index in [1.54, 1.807) is 0 Å². The predicted molar refractivity (Wildman–Crippen MR) is 60.5 cm³/mol. The summed E-state index contributed by atoms with van der Waals surface area (Å²) in [5.41, 5.74) is 0. The van der Waals surface area contributed by atoms with Crippen LogP contribution in [0, 0.1) is 0 Å². The fourth-order valence-corrected chi connectivity index (χ4v) is 1.93. The summed E-state index contributed by atoms with van der Waals surface area (Å²) in [6.45, 7) is 1.99. The molecule has 1 aromatic heterocycles. The highest BCUT2D eigenvalue weighted by Crippen LogP contribution is 2.36. The first-order chi connectivity index (χ1) is 7.07. The Kier molecular flexibility index (Phi) is 3.40. The van der Waals surface area contributed by atoms with Crippen LogP contribution in [0.5, 0.6) is 0 Å². The molecule has 0 bridgehead atoms. The molecule has 2 heterocycles. The fourth-order valence-electron chi connectivity index (χ4n) is 1.68. The highest BCUT2D eigenvalue weighted by molar-refractivity contribution is 6.66. The number of nitrogens with one attached hydrogen (secondary N) is 2. The van der Waals surface area contributed by atoms with Crippen molar-refractivity contribution in [2.24, 2.45) is 0 Å². The molecule has 0 spiro atoms. The number of halogens is 3. The van der Waals surface area contributed by atoms with E-state index in [0.717, 1.165) is 31.8 Å². The zero-order valence-electron chi connectivity index (χ0n) is 7.93. The van der Waals surface area contributed by atoms with Gasteiger partial charge >= 0.3 is 0 Å². The number of aromatic amines is 1. The monoisotopic (exact) mass is 268 g/mol. The molecule has 0 saturated carbocycles. The third-order valence-electron chi connectivity index (χ3n) is 2.48. The van der Waals surface area contributed by atoms with E-state index < -0.39 is 3.79 Å². The minimum absolute atomic E-state index is 0.223. The average molecular weight is 270 g/mol. The second-order valence-electron chi connectivity index (χ2n) is 3.57. The Morgan fingerprint density at radius 3 is 2.40 bits per heavy atom. The van der Waals surface area contributed by atoms with E-state index in [2.05, 4.69) is 20.5 Å². The topological polar surface area (TPSA) is 53.6 Å². The van der Waals surface area contributed by atoms with Gasteiger partial charge in [-0.3, -0.25) is 5.10 Å². The van der Waals surface area contributed by atoms with Crippen LogP contribution in [0.3, 0.4) is 0 Å². The van der Waals surface area contributed by atoms with Crippen LogP contribution >= 0.6 is 34.8 Å². The number of H-pyrrole nitrogens is 1. The largest absolute Gasteiger partial charge is 0.317 e. The normalized spacial score (nSPS) is 19.4. The van der Waals surface area contributed by atoms with Crippen molar-refractivity contribution < 1.29 is 0 Å². The van der Waals surface area contributed by atoms with E-state index in [1.165, 1.54) is 0 Å². The lowest BCUT2D eigenvalue weighted by molar-refractivity contribution is 0.446. The minimum Gasteiger partial charge on any atom is -0.317 e. The molecule has 0 unspecified atom stereocenters. The van der Waals surface area contributed by atoms with Crippen LogP contribution in [0.1, 0.15) is 30.4 Å². The quantitative estimate of drug-likeness (QED) is 0.768. The van der Waals surface area contributed by atoms with Gasteiger partial charge in [-0.05, 0) is 25.9 Å². The standard InChI is InChI=1S/C8H11Cl3N4/c9-8(10,11)7-13-6(14-15-7)5-1-3-12-4-2-5/h5,12H,1-4H2,(H,13,14,15). The molecule has 0 aromatic carbocycles. The van der Waals surface area contributed by atoms with Crippen molar-refractivity contribution in [3.05, 3.63) is 11.6 Å². The summed E-state index contributed by atoms with van der Waals surface area (Å²) < 4.78 is -1.54. The van der Waals surface area contributed by atoms with Gasteiger partial charge in [0.1, 0.15) is 5.82 Å². The lowest BCUT2D eigenvalue weighted by Crippen LogP contribution is -2.27. The lowest BCUT2D eigenvalue weighted by Gasteiger charge is -2.19. The summed E-state index contributed by atoms with van der Waals surface area (Å²) in [7, 11) is 0. The molecule has 4 nitrogen and oxygen atoms in total. The van der Waals surface area contributed by atoms with Gasteiger partial charge in [0.25, 0.3) is 3.79 Å². The van der Waals surface area contributed by atoms with Gasteiger partial charge in [-0.1, -0.05) is 34.8 Å². The van der Waals surface area contributed by atoms with Crippen LogP contribution in [-0.2, 0) is 3.79 Å². The second kappa shape index (κ2) is 4.45. The molecule has 0 radical (unpaired) electrons. The van der Waals surface area contributed by atoms with Gasteiger partial charge in [-0.25, -0.2) is 4.98 Å². The first kappa shape index (κ1) is 11.5. The molecule has 2 rings (SSSR count). The van der Waals surface area contributed by atoms with Gasteiger partial charge in [0.2, 0.25) is 5.82 Å². The van der Waals surface area contributed by atoms with Gasteiger partial charge in [0.05, 0.1) is 0 Å². The number of alkyl halides is 3. The molecule has 1 saturated heterocycles. The van der Waals surface area contributed by atoms with Gasteiger partial charge in [0.15, 0.2) is 0 Å². The molecular weight excluding hydrogens is 258 g/mol. The molecule has 1 aliphatic heterocycles. The zero-order valence-corrected chi connectivity index (χ0v) is 10.2. The number of rotatable bonds is 1. The Balaban J connectivity index is 2.12. The maximum Gasteiger partial charge on any atom is 0.251 e. The van der Waals surface area contributed by atoms with Crippen molar-refractivity contribution in [2.75, 3.05) is 13.1 Å². The van der Waals surface area contributed by atoms with Gasteiger partial charge in [-0.15, -0.1) is 0 Å². The number of hydrogen-bond donors (Lipinski definition) is 2. The summed E-state index contributed by atoms with van der Waals surface area (Å²) in [5.74, 6) is 1.43. The SMILES string of the molecule is ClC(Cl)(Cl)c1n[nH]c(C2CCNCC2)n1. The molecule has 2 N–H and O–H groups in total. The van der Waals surface area contributed by atoms with E-state index in [-0.39, 0.29) is 5.82 Å². The molecule has 1 aromatic rings. The molecule has 1 aliphatic rings. The highest BCUT2D eigenvalue weighted by Gasteiger charge is 2.29. The summed E-state index contributed by atoms with van der Waals surface area (Å²) in [6, 6.07) is 0. The van der Waals surface area contributed by atoms with Crippen molar-refractivity contribution >= 4 is 34.8 Å². The van der Waals surface area contributed by atoms with Crippen molar-refractivity contribution in [3.63, 3.8) is 0 Å². The third kappa shape index (κ3) is 2.75. The lowest BCUT2D eigenvalue weighted by atomic mass is 9.98. The maximum atomic E-state index is 5.68. The Morgan fingerprint density at radius 2 is 1.87 bits per heavy atom. The molecule has 15 heavy (non-hydrogen) atoms. The Bertz CT molecular complexity index is 327. The fraction of sp³-hybridized carbons (Fsp3) is 0.750. The van der Waals surface area contributed by atoms with E-state index in [9.17, 15) is 0 Å². The van der Waals surface area contributed by atoms with Crippen LogP contribution in [0.2, 0.25) is 0 Å². The van der Waals surface area contributed by atoms with Crippen LogP contribution in [-0.4, -0.2) is 28.3 Å². The first-order valence-corrected chi connectivity index (χ1v) is 5.91. The molecule has 7 heteroatoms. The van der Waals surface area contributed by atoms with Gasteiger partial charge in [0, 0.05) is 5.92 Å². The van der Waals surface area contributed by atoms with E-state index >= 15 is 0 Å². The Hall–Kier alpha value is -0.0300. The van der Waals surface area contributed by atoms with Crippen LogP contribution in [0.25, 0.3) is 0 Å². The van der Waals surface area contributed by atoms with E-state index in [0.29, 0.717) is 5.92 Å². The number of aromatic nitrogens is 3. The Labute approximate surface area is 103 Å². The van der Waals surface area contributed by atoms with E-state index in [4.69, 9.17) is 34.8 Å². The van der Waals surface area contributed by atoms with Crippen LogP contribution < -0.4 is 5.32 Å². The predicted octanol–water partition coefficient (Wildman–Crippen LogP) is 2.10. The maximum absolute atomic E-state index is 5.68.